The Labute approximate surface area is 197 Å². The molecule has 0 fully saturated rings. The first-order chi connectivity index (χ1) is 16.0. The molecule has 34 heavy (non-hydrogen) atoms. The van der Waals surface area contributed by atoms with Crippen molar-refractivity contribution in [1.82, 2.24) is 29.3 Å². The summed E-state index contributed by atoms with van der Waals surface area (Å²) in [6, 6.07) is 9.36. The van der Waals surface area contributed by atoms with Gasteiger partial charge in [0.2, 0.25) is 5.88 Å². The molecule has 9 nitrogen and oxygen atoms in total. The number of nitrogens with zero attached hydrogens (tertiary/aromatic N) is 6. The molecule has 9 heteroatoms. The summed E-state index contributed by atoms with van der Waals surface area (Å²) in [7, 11) is 1.83. The van der Waals surface area contributed by atoms with Gasteiger partial charge < -0.3 is 9.84 Å². The summed E-state index contributed by atoms with van der Waals surface area (Å²) in [5.41, 5.74) is 2.81. The van der Waals surface area contributed by atoms with Gasteiger partial charge in [0, 0.05) is 25.0 Å². The molecule has 0 aliphatic rings. The number of rotatable bonds is 6. The van der Waals surface area contributed by atoms with E-state index in [1.54, 1.807) is 43.1 Å². The Balaban J connectivity index is 1.72. The maximum atomic E-state index is 13.3. The first-order valence-electron chi connectivity index (χ1n) is 10.9. The molecule has 0 aliphatic heterocycles. The van der Waals surface area contributed by atoms with Crippen LogP contribution >= 0.6 is 0 Å². The summed E-state index contributed by atoms with van der Waals surface area (Å²) < 4.78 is 9.05. The van der Waals surface area contributed by atoms with Crippen LogP contribution in [0.2, 0.25) is 0 Å². The van der Waals surface area contributed by atoms with Crippen molar-refractivity contribution in [2.45, 2.75) is 46.8 Å². The van der Waals surface area contributed by atoms with E-state index in [-0.39, 0.29) is 12.2 Å². The molecule has 0 saturated carbocycles. The van der Waals surface area contributed by atoms with Crippen molar-refractivity contribution in [1.29, 1.82) is 0 Å². The minimum atomic E-state index is -1.17. The van der Waals surface area contributed by atoms with Crippen LogP contribution in [0.5, 0.6) is 5.88 Å². The quantitative estimate of drug-likeness (QED) is 0.471. The van der Waals surface area contributed by atoms with Crippen LogP contribution in [0.1, 0.15) is 42.3 Å². The van der Waals surface area contributed by atoms with Crippen LogP contribution in [0.15, 0.2) is 47.5 Å². The number of benzene rings is 1. The molecular formula is C25H28N6O3. The van der Waals surface area contributed by atoms with E-state index in [0.29, 0.717) is 34.5 Å². The van der Waals surface area contributed by atoms with Crippen molar-refractivity contribution in [2.24, 2.45) is 7.05 Å². The minimum absolute atomic E-state index is 0.211. The fraction of sp³-hybridized carbons (Fsp3) is 0.320. The van der Waals surface area contributed by atoms with Crippen LogP contribution in [-0.4, -0.2) is 34.4 Å². The van der Waals surface area contributed by atoms with E-state index in [0.717, 1.165) is 16.8 Å². The summed E-state index contributed by atoms with van der Waals surface area (Å²) in [4.78, 5) is 26.7. The SMILES string of the molecule is Cc1cnc(C(C)(C)O)nc1-c1cccc(-n2c(C)nc(OCc3ccn(C)n3)c(C)c2=O)c1. The van der Waals surface area contributed by atoms with E-state index >= 15 is 0 Å². The fourth-order valence-electron chi connectivity index (χ4n) is 3.64. The van der Waals surface area contributed by atoms with E-state index < -0.39 is 5.60 Å². The van der Waals surface area contributed by atoms with Gasteiger partial charge in [0.25, 0.3) is 5.56 Å². The fourth-order valence-corrected chi connectivity index (χ4v) is 3.64. The van der Waals surface area contributed by atoms with Gasteiger partial charge in [0.05, 0.1) is 22.6 Å². The monoisotopic (exact) mass is 460 g/mol. The standard InChI is InChI=1S/C25H28N6O3/c1-15-13-26-24(25(4,5)33)28-21(15)18-8-7-9-20(12-18)31-17(3)27-22(16(2)23(31)32)34-14-19-10-11-30(6)29-19/h7-13,33H,14H2,1-6H3. The molecule has 3 aromatic heterocycles. The van der Waals surface area contributed by atoms with Crippen LogP contribution < -0.4 is 10.3 Å². The summed E-state index contributed by atoms with van der Waals surface area (Å²) >= 11 is 0. The van der Waals surface area contributed by atoms with E-state index in [1.807, 2.05) is 50.5 Å². The first kappa shape index (κ1) is 23.3. The Morgan fingerprint density at radius 1 is 1.12 bits per heavy atom. The molecule has 4 rings (SSSR count). The molecule has 0 radical (unpaired) electrons. The Bertz CT molecular complexity index is 1420. The number of aromatic nitrogens is 6. The maximum absolute atomic E-state index is 13.3. The zero-order valence-electron chi connectivity index (χ0n) is 20.2. The van der Waals surface area contributed by atoms with Crippen molar-refractivity contribution in [2.75, 3.05) is 0 Å². The molecular weight excluding hydrogens is 432 g/mol. The Morgan fingerprint density at radius 3 is 2.56 bits per heavy atom. The molecule has 0 atom stereocenters. The number of hydrogen-bond acceptors (Lipinski definition) is 7. The molecule has 1 N–H and O–H groups in total. The van der Waals surface area contributed by atoms with E-state index in [1.165, 1.54) is 0 Å². The zero-order chi connectivity index (χ0) is 24.6. The van der Waals surface area contributed by atoms with Crippen LogP contribution in [0.25, 0.3) is 16.9 Å². The van der Waals surface area contributed by atoms with Gasteiger partial charge in [0.15, 0.2) is 5.82 Å². The van der Waals surface area contributed by atoms with Gasteiger partial charge in [0.1, 0.15) is 18.0 Å². The molecule has 0 spiro atoms. The summed E-state index contributed by atoms with van der Waals surface area (Å²) in [6.07, 6.45) is 3.53. The Kier molecular flexibility index (Phi) is 6.05. The molecule has 4 aromatic rings. The number of aryl methyl sites for hydroxylation is 3. The van der Waals surface area contributed by atoms with Crippen molar-refractivity contribution >= 4 is 0 Å². The molecule has 0 unspecified atom stereocenters. The molecule has 176 valence electrons. The Morgan fingerprint density at radius 2 is 1.88 bits per heavy atom. The second-order valence-electron chi connectivity index (χ2n) is 8.83. The van der Waals surface area contributed by atoms with Crippen LogP contribution in [0, 0.1) is 20.8 Å². The number of ether oxygens (including phenoxy) is 1. The highest BCUT2D eigenvalue weighted by atomic mass is 16.5. The van der Waals surface area contributed by atoms with Crippen molar-refractivity contribution in [3.63, 3.8) is 0 Å². The number of hydrogen-bond donors (Lipinski definition) is 1. The lowest BCUT2D eigenvalue weighted by atomic mass is 10.0. The molecule has 0 aliphatic carbocycles. The van der Waals surface area contributed by atoms with Gasteiger partial charge in [-0.3, -0.25) is 14.0 Å². The first-order valence-corrected chi connectivity index (χ1v) is 10.9. The van der Waals surface area contributed by atoms with Crippen molar-refractivity contribution in [3.8, 4) is 22.8 Å². The van der Waals surface area contributed by atoms with Gasteiger partial charge >= 0.3 is 0 Å². The van der Waals surface area contributed by atoms with Crippen molar-refractivity contribution < 1.29 is 9.84 Å². The zero-order valence-corrected chi connectivity index (χ0v) is 20.2. The van der Waals surface area contributed by atoms with E-state index in [4.69, 9.17) is 4.74 Å². The van der Waals surface area contributed by atoms with Crippen LogP contribution in [-0.2, 0) is 19.3 Å². The second kappa shape index (κ2) is 8.83. The van der Waals surface area contributed by atoms with Crippen LogP contribution in [0.3, 0.4) is 0 Å². The van der Waals surface area contributed by atoms with Crippen LogP contribution in [0.4, 0.5) is 0 Å². The summed E-state index contributed by atoms with van der Waals surface area (Å²) in [6.45, 7) is 8.90. The van der Waals surface area contributed by atoms with Gasteiger partial charge in [-0.15, -0.1) is 0 Å². The average molecular weight is 461 g/mol. The molecule has 1 aromatic carbocycles. The smallest absolute Gasteiger partial charge is 0.264 e. The lowest BCUT2D eigenvalue weighted by molar-refractivity contribution is 0.0688. The highest BCUT2D eigenvalue weighted by Crippen LogP contribution is 2.26. The summed E-state index contributed by atoms with van der Waals surface area (Å²) in [5.74, 6) is 1.13. The van der Waals surface area contributed by atoms with Gasteiger partial charge in [-0.05, 0) is 58.4 Å². The third-order valence-corrected chi connectivity index (χ3v) is 5.45. The number of aliphatic hydroxyl groups is 1. The Hall–Kier alpha value is -3.85. The highest BCUT2D eigenvalue weighted by Gasteiger charge is 2.21. The second-order valence-corrected chi connectivity index (χ2v) is 8.83. The van der Waals surface area contributed by atoms with Gasteiger partial charge in [-0.25, -0.2) is 9.97 Å². The summed E-state index contributed by atoms with van der Waals surface area (Å²) in [5, 5.41) is 14.6. The lowest BCUT2D eigenvalue weighted by Gasteiger charge is -2.18. The normalized spacial score (nSPS) is 11.6. The largest absolute Gasteiger partial charge is 0.471 e. The topological polar surface area (TPSA) is 108 Å². The molecule has 3 heterocycles. The van der Waals surface area contributed by atoms with Crippen molar-refractivity contribution in [3.05, 3.63) is 81.5 Å². The van der Waals surface area contributed by atoms with E-state index in [2.05, 4.69) is 20.1 Å². The maximum Gasteiger partial charge on any atom is 0.264 e. The highest BCUT2D eigenvalue weighted by molar-refractivity contribution is 5.65. The predicted octanol–water partition coefficient (Wildman–Crippen LogP) is 3.15. The average Bonchev–Trinajstić information content (AvgIpc) is 3.20. The minimum Gasteiger partial charge on any atom is -0.471 e. The third-order valence-electron chi connectivity index (χ3n) is 5.45. The van der Waals surface area contributed by atoms with Gasteiger partial charge in [-0.2, -0.15) is 10.1 Å². The van der Waals surface area contributed by atoms with Gasteiger partial charge in [-0.1, -0.05) is 12.1 Å². The lowest BCUT2D eigenvalue weighted by Crippen LogP contribution is -2.25. The van der Waals surface area contributed by atoms with E-state index in [9.17, 15) is 9.90 Å². The molecule has 0 saturated heterocycles. The molecule has 0 bridgehead atoms. The molecule has 0 amide bonds. The third kappa shape index (κ3) is 4.60. The predicted molar refractivity (Wildman–Crippen MR) is 128 cm³/mol.